The van der Waals surface area contributed by atoms with Crippen molar-refractivity contribution >= 4 is 23.7 Å². The number of halogens is 1. The number of aromatic amines is 1. The van der Waals surface area contributed by atoms with Crippen LogP contribution >= 0.6 is 0 Å². The van der Waals surface area contributed by atoms with Crippen molar-refractivity contribution < 1.29 is 13.9 Å². The largest absolute Gasteiger partial charge is 0.497 e. The zero-order chi connectivity index (χ0) is 23.2. The van der Waals surface area contributed by atoms with Crippen molar-refractivity contribution in [2.45, 2.75) is 0 Å². The number of carbonyl (C=O) groups excluding carboxylic acids is 1. The minimum atomic E-state index is -0.622. The molecule has 33 heavy (non-hydrogen) atoms. The van der Waals surface area contributed by atoms with Crippen LogP contribution in [0.1, 0.15) is 21.6 Å². The highest BCUT2D eigenvalue weighted by Gasteiger charge is 2.20. The van der Waals surface area contributed by atoms with Crippen molar-refractivity contribution in [2.75, 3.05) is 12.4 Å². The first-order valence-electron chi connectivity index (χ1n) is 10.1. The number of hydrogen-bond acceptors (Lipinski definition) is 4. The average molecular weight is 441 g/mol. The van der Waals surface area contributed by atoms with Gasteiger partial charge in [0, 0.05) is 11.3 Å². The quantitative estimate of drug-likeness (QED) is 0.441. The second-order valence-corrected chi connectivity index (χ2v) is 7.11. The molecule has 0 aliphatic heterocycles. The molecule has 4 aromatic rings. The predicted octanol–water partition coefficient (Wildman–Crippen LogP) is 5.01. The van der Waals surface area contributed by atoms with E-state index in [0.29, 0.717) is 17.0 Å². The van der Waals surface area contributed by atoms with E-state index in [1.165, 1.54) is 24.3 Å². The second-order valence-electron chi connectivity index (χ2n) is 7.11. The summed E-state index contributed by atoms with van der Waals surface area (Å²) in [6.45, 7) is 0. The molecule has 0 bridgehead atoms. The number of rotatable bonds is 6. The van der Waals surface area contributed by atoms with Crippen LogP contribution in [-0.2, 0) is 0 Å². The summed E-state index contributed by atoms with van der Waals surface area (Å²) in [6.07, 6.45) is 3.43. The third-order valence-corrected chi connectivity index (χ3v) is 4.90. The highest BCUT2D eigenvalue weighted by atomic mass is 19.1. The van der Waals surface area contributed by atoms with Crippen LogP contribution in [0.15, 0.2) is 83.7 Å². The molecule has 3 aromatic carbocycles. The van der Waals surface area contributed by atoms with E-state index in [4.69, 9.17) is 4.74 Å². The summed E-state index contributed by atoms with van der Waals surface area (Å²) >= 11 is 0. The maximum atomic E-state index is 13.5. The number of amides is 1. The molecule has 0 unspecified atom stereocenters. The van der Waals surface area contributed by atoms with Crippen molar-refractivity contribution in [3.8, 4) is 17.0 Å². The molecule has 0 spiro atoms. The van der Waals surface area contributed by atoms with Gasteiger partial charge in [0.25, 0.3) is 5.91 Å². The molecule has 0 fully saturated rings. The van der Waals surface area contributed by atoms with E-state index in [1.54, 1.807) is 43.5 Å². The Labute approximate surface area is 189 Å². The van der Waals surface area contributed by atoms with Crippen LogP contribution in [0.25, 0.3) is 23.4 Å². The number of benzene rings is 3. The lowest BCUT2D eigenvalue weighted by atomic mass is 10.0. The van der Waals surface area contributed by atoms with Gasteiger partial charge in [-0.1, -0.05) is 36.4 Å². The van der Waals surface area contributed by atoms with Crippen molar-refractivity contribution in [1.29, 1.82) is 0 Å². The minimum absolute atomic E-state index is 0.150. The number of aromatic nitrogens is 2. The smallest absolute Gasteiger partial charge is 0.345 e. The fourth-order valence-corrected chi connectivity index (χ4v) is 3.27. The van der Waals surface area contributed by atoms with Crippen molar-refractivity contribution in [2.24, 2.45) is 0 Å². The van der Waals surface area contributed by atoms with Gasteiger partial charge in [0.15, 0.2) is 0 Å². The molecule has 164 valence electrons. The van der Waals surface area contributed by atoms with E-state index >= 15 is 0 Å². The van der Waals surface area contributed by atoms with Gasteiger partial charge >= 0.3 is 5.69 Å². The van der Waals surface area contributed by atoms with Crippen LogP contribution in [0.5, 0.6) is 5.75 Å². The molecule has 0 radical (unpaired) electrons. The summed E-state index contributed by atoms with van der Waals surface area (Å²) in [5, 5.41) is 2.82. The van der Waals surface area contributed by atoms with E-state index < -0.39 is 17.4 Å². The summed E-state index contributed by atoms with van der Waals surface area (Å²) in [7, 11) is 1.56. The summed E-state index contributed by atoms with van der Waals surface area (Å²) in [4.78, 5) is 32.4. The SMILES string of the molecule is COc1ccc(NC(=O)c2c(-c3ccc(F)cc3)nc(=O)[nH]c2/C=C/c2ccccc2)cc1. The Hall–Kier alpha value is -4.52. The van der Waals surface area contributed by atoms with Crippen LogP contribution in [-0.4, -0.2) is 23.0 Å². The Balaban J connectivity index is 1.81. The number of hydrogen-bond donors (Lipinski definition) is 2. The van der Waals surface area contributed by atoms with Gasteiger partial charge in [-0.05, 0) is 60.2 Å². The lowest BCUT2D eigenvalue weighted by Gasteiger charge is -2.13. The minimum Gasteiger partial charge on any atom is -0.497 e. The van der Waals surface area contributed by atoms with Crippen LogP contribution in [0.3, 0.4) is 0 Å². The summed E-state index contributed by atoms with van der Waals surface area (Å²) in [5.41, 5.74) is 1.83. The maximum Gasteiger partial charge on any atom is 0.345 e. The number of H-pyrrole nitrogens is 1. The van der Waals surface area contributed by atoms with Crippen LogP contribution < -0.4 is 15.7 Å². The molecule has 0 aliphatic carbocycles. The zero-order valence-corrected chi connectivity index (χ0v) is 17.7. The monoisotopic (exact) mass is 441 g/mol. The summed E-state index contributed by atoms with van der Waals surface area (Å²) in [6, 6.07) is 21.8. The number of nitrogens with zero attached hydrogens (tertiary/aromatic N) is 1. The Morgan fingerprint density at radius 1 is 0.970 bits per heavy atom. The first kappa shape index (κ1) is 21.7. The van der Waals surface area contributed by atoms with Gasteiger partial charge in [-0.15, -0.1) is 0 Å². The van der Waals surface area contributed by atoms with Crippen molar-refractivity contribution in [3.05, 3.63) is 112 Å². The number of ether oxygens (including phenoxy) is 1. The third-order valence-electron chi connectivity index (χ3n) is 4.90. The summed E-state index contributed by atoms with van der Waals surface area (Å²) in [5.74, 6) is -0.259. The van der Waals surface area contributed by atoms with Gasteiger partial charge in [0.2, 0.25) is 0 Å². The third kappa shape index (κ3) is 5.22. The van der Waals surface area contributed by atoms with E-state index in [9.17, 15) is 14.0 Å². The molecule has 0 saturated carbocycles. The van der Waals surface area contributed by atoms with E-state index in [0.717, 1.165) is 5.56 Å². The van der Waals surface area contributed by atoms with Gasteiger partial charge < -0.3 is 15.0 Å². The molecule has 4 rings (SSSR count). The molecule has 1 heterocycles. The number of anilines is 1. The van der Waals surface area contributed by atoms with E-state index in [2.05, 4.69) is 15.3 Å². The number of carbonyl (C=O) groups is 1. The fraction of sp³-hybridized carbons (Fsp3) is 0.0385. The Kier molecular flexibility index (Phi) is 6.40. The molecule has 0 aliphatic rings. The van der Waals surface area contributed by atoms with Crippen LogP contribution in [0, 0.1) is 5.82 Å². The van der Waals surface area contributed by atoms with Crippen LogP contribution in [0.4, 0.5) is 10.1 Å². The normalized spacial score (nSPS) is 10.8. The molecule has 7 heteroatoms. The highest BCUT2D eigenvalue weighted by molar-refractivity contribution is 6.10. The first-order chi connectivity index (χ1) is 16.0. The van der Waals surface area contributed by atoms with Crippen molar-refractivity contribution in [3.63, 3.8) is 0 Å². The van der Waals surface area contributed by atoms with Gasteiger partial charge in [-0.3, -0.25) is 4.79 Å². The van der Waals surface area contributed by atoms with Crippen molar-refractivity contribution in [1.82, 2.24) is 9.97 Å². The van der Waals surface area contributed by atoms with Gasteiger partial charge in [0.05, 0.1) is 24.1 Å². The molecule has 2 N–H and O–H groups in total. The fourth-order valence-electron chi connectivity index (χ4n) is 3.27. The van der Waals surface area contributed by atoms with Crippen LogP contribution in [0.2, 0.25) is 0 Å². The summed E-state index contributed by atoms with van der Waals surface area (Å²) < 4.78 is 18.6. The highest BCUT2D eigenvalue weighted by Crippen LogP contribution is 2.25. The topological polar surface area (TPSA) is 84.1 Å². The van der Waals surface area contributed by atoms with E-state index in [-0.39, 0.29) is 17.0 Å². The predicted molar refractivity (Wildman–Crippen MR) is 127 cm³/mol. The molecule has 6 nitrogen and oxygen atoms in total. The molecule has 0 saturated heterocycles. The van der Waals surface area contributed by atoms with Gasteiger partial charge in [-0.25, -0.2) is 9.18 Å². The first-order valence-corrected chi connectivity index (χ1v) is 10.1. The lowest BCUT2D eigenvalue weighted by molar-refractivity contribution is 0.102. The molecular formula is C26H20FN3O3. The van der Waals surface area contributed by atoms with Gasteiger partial charge in [0.1, 0.15) is 11.6 Å². The molecule has 0 atom stereocenters. The number of methoxy groups -OCH3 is 1. The Morgan fingerprint density at radius 3 is 2.33 bits per heavy atom. The van der Waals surface area contributed by atoms with Gasteiger partial charge in [-0.2, -0.15) is 4.98 Å². The molecule has 1 amide bonds. The number of nitrogens with one attached hydrogen (secondary N) is 2. The zero-order valence-electron chi connectivity index (χ0n) is 17.7. The lowest BCUT2D eigenvalue weighted by Crippen LogP contribution is -2.22. The van der Waals surface area contributed by atoms with E-state index in [1.807, 2.05) is 30.3 Å². The molecule has 1 aromatic heterocycles. The molecular weight excluding hydrogens is 421 g/mol. The Morgan fingerprint density at radius 2 is 1.67 bits per heavy atom. The second kappa shape index (κ2) is 9.74. The standard InChI is InChI=1S/C26H20FN3O3/c1-33-21-14-12-20(13-15-21)28-25(31)23-22(16-7-17-5-3-2-4-6-17)29-26(32)30-24(23)18-8-10-19(27)11-9-18/h2-16H,1H3,(H,28,31)(H,29,30,32)/b16-7+. The average Bonchev–Trinajstić information content (AvgIpc) is 2.84. The Bertz CT molecular complexity index is 1350. The maximum absolute atomic E-state index is 13.5.